The third kappa shape index (κ3) is 4.40. The number of pyridine rings is 1. The van der Waals surface area contributed by atoms with Gasteiger partial charge in [-0.25, -0.2) is 0 Å². The van der Waals surface area contributed by atoms with Crippen LogP contribution in [0.3, 0.4) is 0 Å². The van der Waals surface area contributed by atoms with Gasteiger partial charge < -0.3 is 14.5 Å². The van der Waals surface area contributed by atoms with E-state index in [1.165, 1.54) is 6.20 Å². The van der Waals surface area contributed by atoms with Gasteiger partial charge in [0.1, 0.15) is 0 Å². The van der Waals surface area contributed by atoms with Gasteiger partial charge in [-0.05, 0) is 24.9 Å². The van der Waals surface area contributed by atoms with E-state index in [1.54, 1.807) is 24.3 Å². The molecule has 2 heterocycles. The van der Waals surface area contributed by atoms with E-state index in [0.29, 0.717) is 16.5 Å². The number of hydrogen-bond acceptors (Lipinski definition) is 4. The molecule has 6 heteroatoms. The summed E-state index contributed by atoms with van der Waals surface area (Å²) < 4.78 is 5.10. The molecule has 1 unspecified atom stereocenters. The van der Waals surface area contributed by atoms with Crippen molar-refractivity contribution in [2.45, 2.75) is 6.42 Å². The lowest BCUT2D eigenvalue weighted by Gasteiger charge is -2.22. The van der Waals surface area contributed by atoms with Gasteiger partial charge in [0, 0.05) is 46.2 Å². The van der Waals surface area contributed by atoms with Crippen LogP contribution in [0.5, 0.6) is 0 Å². The second-order valence-electron chi connectivity index (χ2n) is 5.49. The van der Waals surface area contributed by atoms with Crippen molar-refractivity contribution in [1.82, 2.24) is 14.8 Å². The molecule has 0 aliphatic carbocycles. The van der Waals surface area contributed by atoms with Crippen LogP contribution in [-0.4, -0.2) is 67.6 Å². The molecule has 1 amide bonds. The number of carbonyl (C=O) groups is 1. The zero-order chi connectivity index (χ0) is 15.2. The van der Waals surface area contributed by atoms with Crippen LogP contribution >= 0.6 is 11.6 Å². The van der Waals surface area contributed by atoms with Gasteiger partial charge >= 0.3 is 0 Å². The number of aromatic nitrogens is 1. The van der Waals surface area contributed by atoms with Crippen molar-refractivity contribution in [3.8, 4) is 0 Å². The van der Waals surface area contributed by atoms with Crippen molar-refractivity contribution >= 4 is 17.5 Å². The predicted octanol–water partition coefficient (Wildman–Crippen LogP) is 1.78. The normalized spacial score (nSPS) is 18.9. The van der Waals surface area contributed by atoms with E-state index in [9.17, 15) is 4.79 Å². The summed E-state index contributed by atoms with van der Waals surface area (Å²) in [6, 6.07) is 1.67. The van der Waals surface area contributed by atoms with Crippen molar-refractivity contribution in [3.05, 3.63) is 29.0 Å². The molecule has 116 valence electrons. The molecule has 0 spiro atoms. The van der Waals surface area contributed by atoms with Gasteiger partial charge in [0.15, 0.2) is 0 Å². The van der Waals surface area contributed by atoms with Crippen LogP contribution in [0, 0.1) is 5.92 Å². The standard InChI is InChI=1S/C15H22ClN3O2/c1-18(15(20)13-3-5-17-9-14(13)16)10-12-4-6-19(11-12)7-8-21-2/h3,5,9,12H,4,6-8,10-11H2,1-2H3. The molecule has 0 N–H and O–H groups in total. The van der Waals surface area contributed by atoms with E-state index in [2.05, 4.69) is 9.88 Å². The molecule has 1 aliphatic heterocycles. The first-order valence-electron chi connectivity index (χ1n) is 7.18. The average molecular weight is 312 g/mol. The van der Waals surface area contributed by atoms with Crippen LogP contribution < -0.4 is 0 Å². The smallest absolute Gasteiger partial charge is 0.255 e. The van der Waals surface area contributed by atoms with Crippen LogP contribution in [0.25, 0.3) is 0 Å². The molecular formula is C15H22ClN3O2. The summed E-state index contributed by atoms with van der Waals surface area (Å²) in [6.07, 6.45) is 4.21. The highest BCUT2D eigenvalue weighted by Crippen LogP contribution is 2.19. The Morgan fingerprint density at radius 2 is 2.43 bits per heavy atom. The van der Waals surface area contributed by atoms with E-state index in [4.69, 9.17) is 16.3 Å². The third-order valence-electron chi connectivity index (χ3n) is 3.86. The lowest BCUT2D eigenvalue weighted by atomic mass is 10.1. The van der Waals surface area contributed by atoms with Crippen molar-refractivity contribution in [1.29, 1.82) is 0 Å². The maximum Gasteiger partial charge on any atom is 0.255 e. The SMILES string of the molecule is COCCN1CCC(CN(C)C(=O)c2ccncc2Cl)C1. The average Bonchev–Trinajstić information content (AvgIpc) is 2.92. The van der Waals surface area contributed by atoms with Crippen molar-refractivity contribution in [2.75, 3.05) is 46.9 Å². The number of amides is 1. The van der Waals surface area contributed by atoms with Gasteiger partial charge in [-0.2, -0.15) is 0 Å². The molecule has 1 aliphatic rings. The number of ether oxygens (including phenoxy) is 1. The quantitative estimate of drug-likeness (QED) is 0.803. The Balaban J connectivity index is 1.86. The highest BCUT2D eigenvalue weighted by Gasteiger charge is 2.25. The fraction of sp³-hybridized carbons (Fsp3) is 0.600. The largest absolute Gasteiger partial charge is 0.383 e. The summed E-state index contributed by atoms with van der Waals surface area (Å²) >= 11 is 6.03. The Morgan fingerprint density at radius 3 is 3.14 bits per heavy atom. The summed E-state index contributed by atoms with van der Waals surface area (Å²) in [7, 11) is 3.55. The van der Waals surface area contributed by atoms with Crippen molar-refractivity contribution in [2.24, 2.45) is 5.92 Å². The zero-order valence-electron chi connectivity index (χ0n) is 12.6. The van der Waals surface area contributed by atoms with E-state index in [1.807, 2.05) is 7.05 Å². The second-order valence-corrected chi connectivity index (χ2v) is 5.90. The molecule has 5 nitrogen and oxygen atoms in total. The van der Waals surface area contributed by atoms with E-state index >= 15 is 0 Å². The molecule has 1 fully saturated rings. The van der Waals surface area contributed by atoms with Crippen LogP contribution in [0.15, 0.2) is 18.5 Å². The number of carbonyl (C=O) groups excluding carboxylic acids is 1. The minimum atomic E-state index is -0.0438. The number of likely N-dealkylation sites (tertiary alicyclic amines) is 1. The van der Waals surface area contributed by atoms with E-state index in [0.717, 1.165) is 39.2 Å². The molecule has 1 atom stereocenters. The minimum Gasteiger partial charge on any atom is -0.383 e. The zero-order valence-corrected chi connectivity index (χ0v) is 13.3. The number of hydrogen-bond donors (Lipinski definition) is 0. The first-order chi connectivity index (χ1) is 10.1. The van der Waals surface area contributed by atoms with Gasteiger partial charge in [-0.1, -0.05) is 11.6 Å². The monoisotopic (exact) mass is 311 g/mol. The van der Waals surface area contributed by atoms with Gasteiger partial charge in [-0.3, -0.25) is 9.78 Å². The second kappa shape index (κ2) is 7.73. The first kappa shape index (κ1) is 16.2. The van der Waals surface area contributed by atoms with Crippen molar-refractivity contribution in [3.63, 3.8) is 0 Å². The number of halogens is 1. The van der Waals surface area contributed by atoms with Crippen LogP contribution in [0.2, 0.25) is 5.02 Å². The molecule has 1 saturated heterocycles. The molecule has 1 aromatic heterocycles. The summed E-state index contributed by atoms with van der Waals surface area (Å²) in [4.78, 5) is 20.4. The van der Waals surface area contributed by atoms with Crippen LogP contribution in [0.4, 0.5) is 0 Å². The maximum atomic E-state index is 12.4. The summed E-state index contributed by atoms with van der Waals surface area (Å²) in [6.45, 7) is 4.56. The fourth-order valence-electron chi connectivity index (χ4n) is 2.71. The summed E-state index contributed by atoms with van der Waals surface area (Å²) in [5.41, 5.74) is 0.517. The molecule has 2 rings (SSSR count). The molecular weight excluding hydrogens is 290 g/mol. The van der Waals surface area contributed by atoms with Gasteiger partial charge in [-0.15, -0.1) is 0 Å². The highest BCUT2D eigenvalue weighted by atomic mass is 35.5. The molecule has 21 heavy (non-hydrogen) atoms. The Bertz CT molecular complexity index is 484. The van der Waals surface area contributed by atoms with Gasteiger partial charge in [0.05, 0.1) is 17.2 Å². The minimum absolute atomic E-state index is 0.0438. The number of nitrogens with zero attached hydrogens (tertiary/aromatic N) is 3. The predicted molar refractivity (Wildman–Crippen MR) is 82.6 cm³/mol. The molecule has 0 saturated carbocycles. The van der Waals surface area contributed by atoms with Crippen LogP contribution in [0.1, 0.15) is 16.8 Å². The highest BCUT2D eigenvalue weighted by molar-refractivity contribution is 6.33. The van der Waals surface area contributed by atoms with Gasteiger partial charge in [0.25, 0.3) is 5.91 Å². The van der Waals surface area contributed by atoms with Crippen molar-refractivity contribution < 1.29 is 9.53 Å². The summed E-state index contributed by atoms with van der Waals surface area (Å²) in [5.74, 6) is 0.467. The van der Waals surface area contributed by atoms with Gasteiger partial charge in [0.2, 0.25) is 0 Å². The third-order valence-corrected chi connectivity index (χ3v) is 4.16. The Labute approximate surface area is 130 Å². The molecule has 0 radical (unpaired) electrons. The van der Waals surface area contributed by atoms with E-state index in [-0.39, 0.29) is 5.91 Å². The Morgan fingerprint density at radius 1 is 1.62 bits per heavy atom. The molecule has 0 aromatic carbocycles. The Hall–Kier alpha value is -1.17. The fourth-order valence-corrected chi connectivity index (χ4v) is 2.91. The number of rotatable bonds is 6. The lowest BCUT2D eigenvalue weighted by molar-refractivity contribution is 0.0772. The van der Waals surface area contributed by atoms with Crippen LogP contribution in [-0.2, 0) is 4.74 Å². The molecule has 0 bridgehead atoms. The molecule has 1 aromatic rings. The summed E-state index contributed by atoms with van der Waals surface area (Å²) in [5, 5.41) is 0.405. The van der Waals surface area contributed by atoms with E-state index < -0.39 is 0 Å². The lowest BCUT2D eigenvalue weighted by Crippen LogP contribution is -2.33. The first-order valence-corrected chi connectivity index (χ1v) is 7.56. The maximum absolute atomic E-state index is 12.4. The number of methoxy groups -OCH3 is 1. The topological polar surface area (TPSA) is 45.7 Å². The Kier molecular flexibility index (Phi) is 5.96.